The van der Waals surface area contributed by atoms with Crippen molar-refractivity contribution < 1.29 is 13.0 Å². The van der Waals surface area contributed by atoms with Crippen molar-refractivity contribution in [1.29, 1.82) is 0 Å². The Kier molecular flexibility index (Phi) is 7.16. The van der Waals surface area contributed by atoms with Crippen molar-refractivity contribution in [3.63, 3.8) is 0 Å². The first-order valence-electron chi connectivity index (χ1n) is 6.61. The van der Waals surface area contributed by atoms with Crippen molar-refractivity contribution in [2.75, 3.05) is 12.3 Å². The minimum absolute atomic E-state index is 0.0332. The molecule has 0 aromatic heterocycles. The average Bonchev–Trinajstić information content (AvgIpc) is 2.39. The van der Waals surface area contributed by atoms with Crippen LogP contribution in [0.3, 0.4) is 0 Å². The van der Waals surface area contributed by atoms with Crippen LogP contribution in [0, 0.1) is 11.6 Å². The number of rotatable bonds is 8. The van der Waals surface area contributed by atoms with Gasteiger partial charge in [0.05, 0.1) is 15.7 Å². The van der Waals surface area contributed by atoms with E-state index in [1.807, 2.05) is 0 Å². The van der Waals surface area contributed by atoms with Gasteiger partial charge in [0.1, 0.15) is 11.6 Å². The first kappa shape index (κ1) is 16.2. The maximum atomic E-state index is 13.4. The second-order valence-corrected chi connectivity index (χ2v) is 6.16. The molecule has 0 saturated heterocycles. The minimum atomic E-state index is -1.47. The summed E-state index contributed by atoms with van der Waals surface area (Å²) in [5, 5.41) is 3.33. The molecule has 19 heavy (non-hydrogen) atoms. The zero-order chi connectivity index (χ0) is 14.3. The molecular weight excluding hydrogens is 268 g/mol. The summed E-state index contributed by atoms with van der Waals surface area (Å²) < 4.78 is 38.3. The molecule has 0 aliphatic rings. The largest absolute Gasteiger partial charge is 0.314 e. The summed E-state index contributed by atoms with van der Waals surface area (Å²) in [4.78, 5) is -0.0332. The molecule has 1 N–H and O–H groups in total. The quantitative estimate of drug-likeness (QED) is 0.796. The van der Waals surface area contributed by atoms with Gasteiger partial charge in [-0.1, -0.05) is 6.92 Å². The molecule has 0 saturated carbocycles. The van der Waals surface area contributed by atoms with Crippen LogP contribution < -0.4 is 5.32 Å². The van der Waals surface area contributed by atoms with E-state index >= 15 is 0 Å². The van der Waals surface area contributed by atoms with Crippen LogP contribution in [0.25, 0.3) is 0 Å². The molecular formula is C14H21F2NOS. The van der Waals surface area contributed by atoms with Gasteiger partial charge in [-0.25, -0.2) is 8.78 Å². The van der Waals surface area contributed by atoms with E-state index in [0.29, 0.717) is 11.8 Å². The summed E-state index contributed by atoms with van der Waals surface area (Å²) >= 11 is 0. The van der Waals surface area contributed by atoms with Crippen LogP contribution >= 0.6 is 0 Å². The van der Waals surface area contributed by atoms with Crippen LogP contribution in [-0.2, 0) is 10.8 Å². The lowest BCUT2D eigenvalue weighted by Crippen LogP contribution is -2.26. The van der Waals surface area contributed by atoms with E-state index in [0.717, 1.165) is 44.0 Å². The number of hydrogen-bond donors (Lipinski definition) is 1. The fraction of sp³-hybridized carbons (Fsp3) is 0.571. The monoisotopic (exact) mass is 289 g/mol. The third-order valence-electron chi connectivity index (χ3n) is 2.85. The van der Waals surface area contributed by atoms with Crippen molar-refractivity contribution in [2.45, 2.75) is 44.0 Å². The molecule has 0 bridgehead atoms. The molecule has 1 aromatic rings. The fourth-order valence-electron chi connectivity index (χ4n) is 1.78. The highest BCUT2D eigenvalue weighted by Gasteiger charge is 2.11. The highest BCUT2D eigenvalue weighted by atomic mass is 32.2. The van der Waals surface area contributed by atoms with E-state index < -0.39 is 22.4 Å². The van der Waals surface area contributed by atoms with Crippen LogP contribution in [0.4, 0.5) is 8.78 Å². The van der Waals surface area contributed by atoms with Crippen LogP contribution in [0.5, 0.6) is 0 Å². The SMILES string of the molecule is CCCNC(C)CCCS(=O)c1cc(F)ccc1F. The summed E-state index contributed by atoms with van der Waals surface area (Å²) in [6, 6.07) is 3.43. The Morgan fingerprint density at radius 3 is 2.79 bits per heavy atom. The van der Waals surface area contributed by atoms with Gasteiger partial charge in [0.15, 0.2) is 0 Å². The maximum absolute atomic E-state index is 13.4. The lowest BCUT2D eigenvalue weighted by atomic mass is 10.2. The number of hydrogen-bond acceptors (Lipinski definition) is 2. The van der Waals surface area contributed by atoms with Crippen molar-refractivity contribution in [2.24, 2.45) is 0 Å². The summed E-state index contributed by atoms with van der Waals surface area (Å²) in [6.07, 6.45) is 2.67. The third kappa shape index (κ3) is 5.78. The van der Waals surface area contributed by atoms with E-state index in [1.165, 1.54) is 0 Å². The molecule has 0 spiro atoms. The Bertz CT molecular complexity index is 426. The van der Waals surface area contributed by atoms with Gasteiger partial charge < -0.3 is 5.32 Å². The molecule has 1 rings (SSSR count). The maximum Gasteiger partial charge on any atom is 0.139 e. The van der Waals surface area contributed by atoms with Crippen LogP contribution in [0.1, 0.15) is 33.1 Å². The first-order chi connectivity index (χ1) is 9.04. The molecule has 0 aliphatic carbocycles. The smallest absolute Gasteiger partial charge is 0.139 e. The third-order valence-corrected chi connectivity index (χ3v) is 4.31. The van der Waals surface area contributed by atoms with Crippen molar-refractivity contribution in [3.05, 3.63) is 29.8 Å². The summed E-state index contributed by atoms with van der Waals surface area (Å²) in [7, 11) is -1.47. The highest BCUT2D eigenvalue weighted by molar-refractivity contribution is 7.85. The van der Waals surface area contributed by atoms with Crippen LogP contribution in [0.2, 0.25) is 0 Å². The Morgan fingerprint density at radius 1 is 1.37 bits per heavy atom. The Balaban J connectivity index is 2.41. The van der Waals surface area contributed by atoms with Gasteiger partial charge in [-0.05, 0) is 50.9 Å². The molecule has 0 radical (unpaired) electrons. The zero-order valence-electron chi connectivity index (χ0n) is 11.4. The average molecular weight is 289 g/mol. The van der Waals surface area contributed by atoms with Gasteiger partial charge in [0.2, 0.25) is 0 Å². The lowest BCUT2D eigenvalue weighted by Gasteiger charge is -2.12. The molecule has 2 atom stereocenters. The summed E-state index contributed by atoms with van der Waals surface area (Å²) in [5.74, 6) is -0.793. The fourth-order valence-corrected chi connectivity index (χ4v) is 2.95. The first-order valence-corrected chi connectivity index (χ1v) is 7.93. The number of halogens is 2. The van der Waals surface area contributed by atoms with Crippen LogP contribution in [0.15, 0.2) is 23.1 Å². The van der Waals surface area contributed by atoms with Crippen molar-refractivity contribution in [3.8, 4) is 0 Å². The Hall–Kier alpha value is -0.810. The van der Waals surface area contributed by atoms with Gasteiger partial charge in [-0.15, -0.1) is 0 Å². The molecule has 108 valence electrons. The van der Waals surface area contributed by atoms with Crippen molar-refractivity contribution >= 4 is 10.8 Å². The molecule has 0 fully saturated rings. The van der Waals surface area contributed by atoms with Gasteiger partial charge in [0.25, 0.3) is 0 Å². The number of nitrogens with one attached hydrogen (secondary N) is 1. The van der Waals surface area contributed by atoms with Gasteiger partial charge in [-0.3, -0.25) is 4.21 Å². The summed E-state index contributed by atoms with van der Waals surface area (Å²) in [5.41, 5.74) is 0. The lowest BCUT2D eigenvalue weighted by molar-refractivity contribution is 0.508. The van der Waals surface area contributed by atoms with E-state index in [4.69, 9.17) is 0 Å². The molecule has 2 unspecified atom stereocenters. The highest BCUT2D eigenvalue weighted by Crippen LogP contribution is 2.15. The second-order valence-electron chi connectivity index (χ2n) is 4.62. The van der Waals surface area contributed by atoms with Crippen molar-refractivity contribution in [1.82, 2.24) is 5.32 Å². The zero-order valence-corrected chi connectivity index (χ0v) is 12.2. The normalized spacial score (nSPS) is 14.3. The van der Waals surface area contributed by atoms with E-state index in [-0.39, 0.29) is 4.90 Å². The topological polar surface area (TPSA) is 29.1 Å². The predicted molar refractivity (Wildman–Crippen MR) is 74.6 cm³/mol. The van der Waals surface area contributed by atoms with Gasteiger partial charge in [0, 0.05) is 11.8 Å². The Labute approximate surface area is 116 Å². The second kappa shape index (κ2) is 8.38. The molecule has 0 heterocycles. The Morgan fingerprint density at radius 2 is 2.11 bits per heavy atom. The minimum Gasteiger partial charge on any atom is -0.314 e. The van der Waals surface area contributed by atoms with Gasteiger partial charge in [-0.2, -0.15) is 0 Å². The summed E-state index contributed by atoms with van der Waals surface area (Å²) in [6.45, 7) is 5.13. The standard InChI is InChI=1S/C14H21F2NOS/c1-3-8-17-11(2)5-4-9-19(18)14-10-12(15)6-7-13(14)16/h6-7,10-11,17H,3-5,8-9H2,1-2H3. The molecule has 5 heteroatoms. The van der Waals surface area contributed by atoms with E-state index in [9.17, 15) is 13.0 Å². The molecule has 0 aliphatic heterocycles. The molecule has 1 aromatic carbocycles. The van der Waals surface area contributed by atoms with Gasteiger partial charge >= 0.3 is 0 Å². The molecule has 2 nitrogen and oxygen atoms in total. The number of benzene rings is 1. The predicted octanol–water partition coefficient (Wildman–Crippen LogP) is 3.24. The molecule has 0 amide bonds. The van der Waals surface area contributed by atoms with E-state index in [1.54, 1.807) is 0 Å². The van der Waals surface area contributed by atoms with Crippen LogP contribution in [-0.4, -0.2) is 22.5 Å². The van der Waals surface area contributed by atoms with E-state index in [2.05, 4.69) is 19.2 Å².